The number of hydrogen-bond acceptors (Lipinski definition) is 3. The van der Waals surface area contributed by atoms with Crippen LogP contribution in [0.4, 0.5) is 18.9 Å². The smallest absolute Gasteiger partial charge is 0.255 e. The SMILES string of the molecule is CC(=O)N1CC(Nc2cc(F)c(F)c(F)c2)=CC1=O. The molecular weight excluding hydrogens is 261 g/mol. The number of carbonyl (C=O) groups is 2. The molecule has 0 saturated heterocycles. The van der Waals surface area contributed by atoms with Gasteiger partial charge in [-0.15, -0.1) is 0 Å². The number of anilines is 1. The van der Waals surface area contributed by atoms with Gasteiger partial charge in [-0.05, 0) is 0 Å². The fourth-order valence-electron chi connectivity index (χ4n) is 1.68. The van der Waals surface area contributed by atoms with Crippen LogP contribution in [0.2, 0.25) is 0 Å². The first-order chi connectivity index (χ1) is 8.88. The van der Waals surface area contributed by atoms with Crippen LogP contribution in [0.3, 0.4) is 0 Å². The first-order valence-corrected chi connectivity index (χ1v) is 5.32. The molecule has 0 aromatic heterocycles. The number of carbonyl (C=O) groups excluding carboxylic acids is 2. The van der Waals surface area contributed by atoms with Gasteiger partial charge in [0.05, 0.1) is 6.54 Å². The normalized spacial score (nSPS) is 14.6. The summed E-state index contributed by atoms with van der Waals surface area (Å²) in [7, 11) is 0. The zero-order valence-electron chi connectivity index (χ0n) is 9.84. The van der Waals surface area contributed by atoms with Gasteiger partial charge in [-0.3, -0.25) is 14.5 Å². The summed E-state index contributed by atoms with van der Waals surface area (Å²) in [6.07, 6.45) is 1.14. The number of halogens is 3. The Kier molecular flexibility index (Phi) is 3.28. The Balaban J connectivity index is 2.18. The highest BCUT2D eigenvalue weighted by Crippen LogP contribution is 2.20. The molecule has 0 fully saturated rings. The molecule has 4 nitrogen and oxygen atoms in total. The van der Waals surface area contributed by atoms with Gasteiger partial charge >= 0.3 is 0 Å². The Morgan fingerprint density at radius 3 is 2.32 bits per heavy atom. The molecule has 0 radical (unpaired) electrons. The molecule has 19 heavy (non-hydrogen) atoms. The van der Waals surface area contributed by atoms with E-state index in [1.165, 1.54) is 6.92 Å². The minimum atomic E-state index is -1.56. The summed E-state index contributed by atoms with van der Waals surface area (Å²) in [5.41, 5.74) is 0.256. The molecule has 0 atom stereocenters. The molecule has 1 heterocycles. The minimum absolute atomic E-state index is 0.0191. The van der Waals surface area contributed by atoms with Gasteiger partial charge < -0.3 is 5.32 Å². The first-order valence-electron chi connectivity index (χ1n) is 5.32. The fourth-order valence-corrected chi connectivity index (χ4v) is 1.68. The molecule has 1 aliphatic heterocycles. The summed E-state index contributed by atoms with van der Waals surface area (Å²) in [5, 5.41) is 2.56. The van der Waals surface area contributed by atoms with E-state index in [2.05, 4.69) is 5.32 Å². The third-order valence-electron chi connectivity index (χ3n) is 2.56. The number of hydrogen-bond donors (Lipinski definition) is 1. The van der Waals surface area contributed by atoms with Crippen molar-refractivity contribution in [3.05, 3.63) is 41.4 Å². The standard InChI is InChI=1S/C12H9F3N2O2/c1-6(18)17-5-8(4-11(17)19)16-7-2-9(13)12(15)10(14)3-7/h2-4,16H,5H2,1H3. The van der Waals surface area contributed by atoms with Crippen LogP contribution in [0.25, 0.3) is 0 Å². The van der Waals surface area contributed by atoms with Gasteiger partial charge in [-0.2, -0.15) is 0 Å². The minimum Gasteiger partial charge on any atom is -0.357 e. The lowest BCUT2D eigenvalue weighted by atomic mass is 10.2. The van der Waals surface area contributed by atoms with E-state index < -0.39 is 29.3 Å². The number of benzene rings is 1. The summed E-state index contributed by atoms with van der Waals surface area (Å²) in [5.74, 6) is -5.19. The van der Waals surface area contributed by atoms with Gasteiger partial charge in [0, 0.05) is 36.5 Å². The van der Waals surface area contributed by atoms with Crippen molar-refractivity contribution in [3.63, 3.8) is 0 Å². The number of imide groups is 1. The fraction of sp³-hybridized carbons (Fsp3) is 0.167. The monoisotopic (exact) mass is 270 g/mol. The molecule has 1 aromatic carbocycles. The van der Waals surface area contributed by atoms with Crippen LogP contribution < -0.4 is 5.32 Å². The van der Waals surface area contributed by atoms with E-state index >= 15 is 0 Å². The van der Waals surface area contributed by atoms with Gasteiger partial charge in [-0.1, -0.05) is 0 Å². The predicted molar refractivity (Wildman–Crippen MR) is 60.4 cm³/mol. The number of rotatable bonds is 2. The number of nitrogens with zero attached hydrogens (tertiary/aromatic N) is 1. The molecule has 0 unspecified atom stereocenters. The molecular formula is C12H9F3N2O2. The van der Waals surface area contributed by atoms with E-state index in [1.54, 1.807) is 0 Å². The van der Waals surface area contributed by atoms with E-state index in [-0.39, 0.29) is 12.2 Å². The largest absolute Gasteiger partial charge is 0.357 e. The van der Waals surface area contributed by atoms with Crippen LogP contribution in [0.1, 0.15) is 6.92 Å². The Morgan fingerprint density at radius 1 is 1.26 bits per heavy atom. The lowest BCUT2D eigenvalue weighted by Gasteiger charge is -2.12. The zero-order valence-corrected chi connectivity index (χ0v) is 9.84. The van der Waals surface area contributed by atoms with Crippen LogP contribution in [0.15, 0.2) is 23.9 Å². The summed E-state index contributed by atoms with van der Waals surface area (Å²) in [6.45, 7) is 1.21. The van der Waals surface area contributed by atoms with Crippen LogP contribution in [-0.4, -0.2) is 23.3 Å². The van der Waals surface area contributed by atoms with Crippen molar-refractivity contribution >= 4 is 17.5 Å². The first kappa shape index (κ1) is 13.1. The van der Waals surface area contributed by atoms with Crippen LogP contribution in [-0.2, 0) is 9.59 Å². The van der Waals surface area contributed by atoms with E-state index in [0.29, 0.717) is 5.70 Å². The van der Waals surface area contributed by atoms with Crippen LogP contribution in [0, 0.1) is 17.5 Å². The van der Waals surface area contributed by atoms with E-state index in [0.717, 1.165) is 23.1 Å². The molecule has 1 aromatic rings. The highest BCUT2D eigenvalue weighted by atomic mass is 19.2. The van der Waals surface area contributed by atoms with Crippen molar-refractivity contribution in [1.29, 1.82) is 0 Å². The highest BCUT2D eigenvalue weighted by Gasteiger charge is 2.25. The second kappa shape index (κ2) is 4.75. The van der Waals surface area contributed by atoms with Gasteiger partial charge in [0.1, 0.15) is 0 Å². The molecule has 2 rings (SSSR count). The Labute approximate surface area is 106 Å². The van der Waals surface area contributed by atoms with E-state index in [9.17, 15) is 22.8 Å². The lowest BCUT2D eigenvalue weighted by molar-refractivity contribution is -0.138. The third-order valence-corrected chi connectivity index (χ3v) is 2.56. The van der Waals surface area contributed by atoms with Crippen molar-refractivity contribution < 1.29 is 22.8 Å². The summed E-state index contributed by atoms with van der Waals surface area (Å²) < 4.78 is 38.7. The molecule has 1 aliphatic rings. The van der Waals surface area contributed by atoms with Gasteiger partial charge in [-0.25, -0.2) is 13.2 Å². The van der Waals surface area contributed by atoms with E-state index in [4.69, 9.17) is 0 Å². The van der Waals surface area contributed by atoms with Crippen LogP contribution >= 0.6 is 0 Å². The molecule has 0 aliphatic carbocycles. The Hall–Kier alpha value is -2.31. The topological polar surface area (TPSA) is 49.4 Å². The third kappa shape index (κ3) is 2.59. The summed E-state index contributed by atoms with van der Waals surface area (Å²) >= 11 is 0. The number of amides is 2. The maximum Gasteiger partial charge on any atom is 0.255 e. The average Bonchev–Trinajstić information content (AvgIpc) is 2.67. The average molecular weight is 270 g/mol. The lowest BCUT2D eigenvalue weighted by Crippen LogP contribution is -2.31. The highest BCUT2D eigenvalue weighted by molar-refractivity contribution is 6.03. The Morgan fingerprint density at radius 2 is 1.84 bits per heavy atom. The molecule has 7 heteroatoms. The van der Waals surface area contributed by atoms with Crippen molar-refractivity contribution in [2.24, 2.45) is 0 Å². The zero-order chi connectivity index (χ0) is 14.2. The summed E-state index contributed by atoms with van der Waals surface area (Å²) in [6, 6.07) is 1.53. The van der Waals surface area contributed by atoms with Gasteiger partial charge in [0.25, 0.3) is 5.91 Å². The van der Waals surface area contributed by atoms with Crippen molar-refractivity contribution in [3.8, 4) is 0 Å². The molecule has 0 spiro atoms. The van der Waals surface area contributed by atoms with E-state index in [1.807, 2.05) is 0 Å². The quantitative estimate of drug-likeness (QED) is 0.833. The summed E-state index contributed by atoms with van der Waals surface area (Å²) in [4.78, 5) is 23.4. The van der Waals surface area contributed by atoms with Crippen molar-refractivity contribution in [2.75, 3.05) is 11.9 Å². The second-order valence-electron chi connectivity index (χ2n) is 3.99. The molecule has 0 saturated carbocycles. The van der Waals surface area contributed by atoms with Gasteiger partial charge in [0.15, 0.2) is 17.5 Å². The molecule has 2 amide bonds. The van der Waals surface area contributed by atoms with Gasteiger partial charge in [0.2, 0.25) is 5.91 Å². The Bertz CT molecular complexity index is 576. The molecule has 100 valence electrons. The second-order valence-corrected chi connectivity index (χ2v) is 3.99. The van der Waals surface area contributed by atoms with Crippen molar-refractivity contribution in [1.82, 2.24) is 4.90 Å². The number of nitrogens with one attached hydrogen (secondary N) is 1. The molecule has 1 N–H and O–H groups in total. The maximum absolute atomic E-state index is 13.0. The maximum atomic E-state index is 13.0. The predicted octanol–water partition coefficient (Wildman–Crippen LogP) is 1.79. The van der Waals surface area contributed by atoms with Crippen molar-refractivity contribution in [2.45, 2.75) is 6.92 Å². The van der Waals surface area contributed by atoms with Crippen LogP contribution in [0.5, 0.6) is 0 Å². The molecule has 0 bridgehead atoms.